The minimum Gasteiger partial charge on any atom is -0.478 e. The highest BCUT2D eigenvalue weighted by Gasteiger charge is 2.16. The van der Waals surface area contributed by atoms with Gasteiger partial charge in [0, 0.05) is 25.9 Å². The number of hydrogen-bond acceptors (Lipinski definition) is 3. The molecule has 20 heavy (non-hydrogen) atoms. The van der Waals surface area contributed by atoms with Gasteiger partial charge in [-0.25, -0.2) is 4.79 Å². The van der Waals surface area contributed by atoms with Gasteiger partial charge in [0.2, 0.25) is 0 Å². The minimum atomic E-state index is -1.01. The molecule has 1 N–H and O–H groups in total. The Kier molecular flexibility index (Phi) is 3.79. The molecule has 2 aromatic rings. The number of carboxylic acids is 1. The smallest absolute Gasteiger partial charge is 0.335 e. The van der Waals surface area contributed by atoms with E-state index in [-0.39, 0.29) is 11.5 Å². The third kappa shape index (κ3) is 2.66. The van der Waals surface area contributed by atoms with Gasteiger partial charge in [-0.3, -0.25) is 9.78 Å². The molecule has 102 valence electrons. The predicted molar refractivity (Wildman–Crippen MR) is 74.6 cm³/mol. The van der Waals surface area contributed by atoms with Gasteiger partial charge in [-0.15, -0.1) is 0 Å². The maximum atomic E-state index is 12.1. The lowest BCUT2D eigenvalue weighted by Crippen LogP contribution is -2.22. The van der Waals surface area contributed by atoms with Crippen LogP contribution in [0.2, 0.25) is 0 Å². The molecule has 0 atom stereocenters. The SMILES string of the molecule is CN(C)C(=O)c1cccnc1-c1cccc(C(=O)O)c1. The van der Waals surface area contributed by atoms with Crippen LogP contribution in [0.25, 0.3) is 11.3 Å². The number of amides is 1. The molecule has 5 nitrogen and oxygen atoms in total. The lowest BCUT2D eigenvalue weighted by molar-refractivity contribution is 0.0696. The average molecular weight is 270 g/mol. The Morgan fingerprint density at radius 1 is 1.15 bits per heavy atom. The van der Waals surface area contributed by atoms with Crippen LogP contribution < -0.4 is 0 Å². The van der Waals surface area contributed by atoms with E-state index in [9.17, 15) is 9.59 Å². The molecular formula is C15H14N2O3. The highest BCUT2D eigenvalue weighted by Crippen LogP contribution is 2.23. The molecule has 0 fully saturated rings. The first-order valence-corrected chi connectivity index (χ1v) is 6.01. The number of carbonyl (C=O) groups excluding carboxylic acids is 1. The molecule has 0 bridgehead atoms. The van der Waals surface area contributed by atoms with Crippen LogP contribution in [-0.4, -0.2) is 41.0 Å². The Morgan fingerprint density at radius 2 is 1.90 bits per heavy atom. The van der Waals surface area contributed by atoms with Crippen molar-refractivity contribution in [1.82, 2.24) is 9.88 Å². The fourth-order valence-electron chi connectivity index (χ4n) is 1.85. The van der Waals surface area contributed by atoms with Crippen molar-refractivity contribution in [3.05, 3.63) is 53.7 Å². The van der Waals surface area contributed by atoms with Crippen LogP contribution in [0.4, 0.5) is 0 Å². The Labute approximate surface area is 116 Å². The Bertz CT molecular complexity index is 666. The van der Waals surface area contributed by atoms with Gasteiger partial charge in [0.05, 0.1) is 16.8 Å². The summed E-state index contributed by atoms with van der Waals surface area (Å²) in [4.78, 5) is 28.8. The molecule has 1 aromatic carbocycles. The summed E-state index contributed by atoms with van der Waals surface area (Å²) in [6.07, 6.45) is 1.58. The standard InChI is InChI=1S/C15H14N2O3/c1-17(2)14(18)12-7-4-8-16-13(12)10-5-3-6-11(9-10)15(19)20/h3-9H,1-2H3,(H,19,20). The van der Waals surface area contributed by atoms with E-state index in [1.54, 1.807) is 44.6 Å². The molecular weight excluding hydrogens is 256 g/mol. The first-order valence-electron chi connectivity index (χ1n) is 6.01. The van der Waals surface area contributed by atoms with Crippen molar-refractivity contribution >= 4 is 11.9 Å². The van der Waals surface area contributed by atoms with Crippen molar-refractivity contribution in [1.29, 1.82) is 0 Å². The first-order chi connectivity index (χ1) is 9.50. The molecule has 5 heteroatoms. The number of rotatable bonds is 3. The number of carboxylic acid groups (broad SMARTS) is 1. The second-order valence-electron chi connectivity index (χ2n) is 4.49. The lowest BCUT2D eigenvalue weighted by Gasteiger charge is -2.13. The van der Waals surface area contributed by atoms with Crippen molar-refractivity contribution < 1.29 is 14.7 Å². The quantitative estimate of drug-likeness (QED) is 0.927. The van der Waals surface area contributed by atoms with Gasteiger partial charge < -0.3 is 10.0 Å². The van der Waals surface area contributed by atoms with Crippen molar-refractivity contribution in [3.63, 3.8) is 0 Å². The van der Waals surface area contributed by atoms with Crippen molar-refractivity contribution in [2.75, 3.05) is 14.1 Å². The van der Waals surface area contributed by atoms with Crippen LogP contribution in [0.3, 0.4) is 0 Å². The summed E-state index contributed by atoms with van der Waals surface area (Å²) >= 11 is 0. The van der Waals surface area contributed by atoms with E-state index in [0.717, 1.165) is 0 Å². The second-order valence-corrected chi connectivity index (χ2v) is 4.49. The predicted octanol–water partition coefficient (Wildman–Crippen LogP) is 2.15. The summed E-state index contributed by atoms with van der Waals surface area (Å²) in [6.45, 7) is 0. The summed E-state index contributed by atoms with van der Waals surface area (Å²) in [6, 6.07) is 9.75. The van der Waals surface area contributed by atoms with Crippen LogP contribution in [-0.2, 0) is 0 Å². The van der Waals surface area contributed by atoms with Crippen LogP contribution in [0.5, 0.6) is 0 Å². The zero-order valence-electron chi connectivity index (χ0n) is 11.2. The van der Waals surface area contributed by atoms with E-state index < -0.39 is 5.97 Å². The molecule has 0 radical (unpaired) electrons. The highest BCUT2D eigenvalue weighted by molar-refractivity contribution is 6.00. The van der Waals surface area contributed by atoms with E-state index in [0.29, 0.717) is 16.8 Å². The van der Waals surface area contributed by atoms with Crippen molar-refractivity contribution in [3.8, 4) is 11.3 Å². The lowest BCUT2D eigenvalue weighted by atomic mass is 10.0. The van der Waals surface area contributed by atoms with Crippen LogP contribution >= 0.6 is 0 Å². The van der Waals surface area contributed by atoms with Crippen molar-refractivity contribution in [2.45, 2.75) is 0 Å². The fourth-order valence-corrected chi connectivity index (χ4v) is 1.85. The normalized spacial score (nSPS) is 10.1. The summed E-state index contributed by atoms with van der Waals surface area (Å²) in [5, 5.41) is 9.03. The molecule has 0 saturated heterocycles. The van der Waals surface area contributed by atoms with Gasteiger partial charge in [0.25, 0.3) is 5.91 Å². The molecule has 0 spiro atoms. The van der Waals surface area contributed by atoms with Crippen LogP contribution in [0, 0.1) is 0 Å². The molecule has 0 unspecified atom stereocenters. The highest BCUT2D eigenvalue weighted by atomic mass is 16.4. The number of carbonyl (C=O) groups is 2. The number of hydrogen-bond donors (Lipinski definition) is 1. The van der Waals surface area contributed by atoms with Gasteiger partial charge in [0.15, 0.2) is 0 Å². The van der Waals surface area contributed by atoms with Gasteiger partial charge in [-0.2, -0.15) is 0 Å². The fraction of sp³-hybridized carbons (Fsp3) is 0.133. The van der Waals surface area contributed by atoms with Gasteiger partial charge in [-0.1, -0.05) is 12.1 Å². The number of aromatic carboxylic acids is 1. The van der Waals surface area contributed by atoms with E-state index >= 15 is 0 Å². The Balaban J connectivity index is 2.56. The Morgan fingerprint density at radius 3 is 2.55 bits per heavy atom. The average Bonchev–Trinajstić information content (AvgIpc) is 2.46. The minimum absolute atomic E-state index is 0.163. The van der Waals surface area contributed by atoms with Crippen molar-refractivity contribution in [2.24, 2.45) is 0 Å². The maximum absolute atomic E-state index is 12.1. The molecule has 1 heterocycles. The van der Waals surface area contributed by atoms with E-state index in [4.69, 9.17) is 5.11 Å². The third-order valence-electron chi connectivity index (χ3n) is 2.83. The molecule has 1 amide bonds. The second kappa shape index (κ2) is 5.52. The molecule has 0 saturated carbocycles. The number of nitrogens with zero attached hydrogens (tertiary/aromatic N) is 2. The van der Waals surface area contributed by atoms with E-state index in [1.165, 1.54) is 17.0 Å². The molecule has 0 aliphatic rings. The first kappa shape index (κ1) is 13.7. The topological polar surface area (TPSA) is 70.5 Å². The molecule has 0 aliphatic heterocycles. The van der Waals surface area contributed by atoms with E-state index in [2.05, 4.69) is 4.98 Å². The van der Waals surface area contributed by atoms with Crippen LogP contribution in [0.1, 0.15) is 20.7 Å². The van der Waals surface area contributed by atoms with Gasteiger partial charge in [-0.05, 0) is 24.3 Å². The summed E-state index contributed by atoms with van der Waals surface area (Å²) in [5.74, 6) is -1.18. The summed E-state index contributed by atoms with van der Waals surface area (Å²) in [5.41, 5.74) is 1.70. The number of aromatic nitrogens is 1. The zero-order chi connectivity index (χ0) is 14.7. The van der Waals surface area contributed by atoms with E-state index in [1.807, 2.05) is 0 Å². The summed E-state index contributed by atoms with van der Waals surface area (Å²) in [7, 11) is 3.32. The number of pyridine rings is 1. The van der Waals surface area contributed by atoms with Crippen LogP contribution in [0.15, 0.2) is 42.6 Å². The Hall–Kier alpha value is -2.69. The molecule has 2 rings (SSSR count). The summed E-state index contributed by atoms with van der Waals surface area (Å²) < 4.78 is 0. The molecule has 0 aliphatic carbocycles. The maximum Gasteiger partial charge on any atom is 0.335 e. The largest absolute Gasteiger partial charge is 0.478 e. The van der Waals surface area contributed by atoms with Gasteiger partial charge >= 0.3 is 5.97 Å². The van der Waals surface area contributed by atoms with Gasteiger partial charge in [0.1, 0.15) is 0 Å². The monoisotopic (exact) mass is 270 g/mol. The molecule has 1 aromatic heterocycles. The zero-order valence-corrected chi connectivity index (χ0v) is 11.2. The third-order valence-corrected chi connectivity index (χ3v) is 2.83. The number of benzene rings is 1.